The molecule has 0 aromatic rings. The van der Waals surface area contributed by atoms with Crippen LogP contribution in [0.15, 0.2) is 0 Å². The Hall–Kier alpha value is -1.10. The molecule has 0 aliphatic heterocycles. The molecule has 0 aliphatic carbocycles. The minimum Gasteiger partial charge on any atom is -0.357 e. The van der Waals surface area contributed by atoms with E-state index >= 15 is 0 Å². The molecule has 2 amide bonds. The van der Waals surface area contributed by atoms with Crippen LogP contribution in [0.4, 0.5) is 0 Å². The lowest BCUT2D eigenvalue weighted by Gasteiger charge is -2.15. The molecule has 5 nitrogen and oxygen atoms in total. The average Bonchev–Trinajstić information content (AvgIpc) is 2.14. The summed E-state index contributed by atoms with van der Waals surface area (Å²) in [6.45, 7) is 3.37. The summed E-state index contributed by atoms with van der Waals surface area (Å²) in [6, 6.07) is -0.777. The molecule has 5 heteroatoms. The summed E-state index contributed by atoms with van der Waals surface area (Å²) in [4.78, 5) is 22.3. The molecule has 0 rings (SSSR count). The Morgan fingerprint density at radius 1 is 1.00 bits per heavy atom. The van der Waals surface area contributed by atoms with Gasteiger partial charge in [0.05, 0.1) is 6.04 Å². The van der Waals surface area contributed by atoms with Crippen molar-refractivity contribution in [3.05, 3.63) is 0 Å². The second-order valence-electron chi connectivity index (χ2n) is 2.85. The van der Waals surface area contributed by atoms with Crippen molar-refractivity contribution in [1.29, 1.82) is 0 Å². The molecular formula is C8H17N3O2. The smallest absolute Gasteiger partial charge is 0.242 e. The molecule has 0 saturated heterocycles. The molecule has 0 fully saturated rings. The first-order valence-electron chi connectivity index (χ1n) is 4.22. The summed E-state index contributed by atoms with van der Waals surface area (Å²) in [5, 5.41) is 7.80. The lowest BCUT2D eigenvalue weighted by atomic mass is 10.2. The topological polar surface area (TPSA) is 70.2 Å². The predicted octanol–water partition coefficient (Wildman–Crippen LogP) is -1.15. The minimum atomic E-state index is -0.492. The van der Waals surface area contributed by atoms with Crippen LogP contribution in [-0.4, -0.2) is 38.0 Å². The first-order chi connectivity index (χ1) is 6.02. The number of hydrogen-bond acceptors (Lipinski definition) is 3. The SMILES string of the molecule is CNC(=O)C(C)NC(=O)[C@H](C)NC. The molecule has 0 aromatic heterocycles. The Bertz CT molecular complexity index is 194. The fourth-order valence-electron chi connectivity index (χ4n) is 0.752. The second kappa shape index (κ2) is 5.53. The number of carbonyl (C=O) groups is 2. The van der Waals surface area contributed by atoms with Crippen molar-refractivity contribution in [2.45, 2.75) is 25.9 Å². The molecule has 0 aliphatic rings. The van der Waals surface area contributed by atoms with Crippen molar-refractivity contribution in [3.8, 4) is 0 Å². The highest BCUT2D eigenvalue weighted by atomic mass is 16.2. The maximum absolute atomic E-state index is 11.3. The molecule has 13 heavy (non-hydrogen) atoms. The van der Waals surface area contributed by atoms with E-state index in [-0.39, 0.29) is 17.9 Å². The van der Waals surface area contributed by atoms with Gasteiger partial charge in [-0.15, -0.1) is 0 Å². The number of amides is 2. The third-order valence-electron chi connectivity index (χ3n) is 1.82. The molecule has 0 aromatic carbocycles. The van der Waals surface area contributed by atoms with Gasteiger partial charge in [-0.25, -0.2) is 0 Å². The Kier molecular flexibility index (Phi) is 5.06. The van der Waals surface area contributed by atoms with Gasteiger partial charge in [-0.2, -0.15) is 0 Å². The third-order valence-corrected chi connectivity index (χ3v) is 1.82. The van der Waals surface area contributed by atoms with E-state index in [1.165, 1.54) is 7.05 Å². The van der Waals surface area contributed by atoms with Crippen LogP contribution in [0.3, 0.4) is 0 Å². The van der Waals surface area contributed by atoms with Crippen molar-refractivity contribution in [2.75, 3.05) is 14.1 Å². The molecule has 0 bridgehead atoms. The zero-order valence-electron chi connectivity index (χ0n) is 8.47. The fourth-order valence-corrected chi connectivity index (χ4v) is 0.752. The van der Waals surface area contributed by atoms with Crippen molar-refractivity contribution in [1.82, 2.24) is 16.0 Å². The lowest BCUT2D eigenvalue weighted by Crippen LogP contribution is -2.49. The molecule has 0 heterocycles. The van der Waals surface area contributed by atoms with Gasteiger partial charge in [-0.05, 0) is 20.9 Å². The largest absolute Gasteiger partial charge is 0.357 e. The van der Waals surface area contributed by atoms with E-state index in [0.717, 1.165) is 0 Å². The van der Waals surface area contributed by atoms with Gasteiger partial charge >= 0.3 is 0 Å². The summed E-state index contributed by atoms with van der Waals surface area (Å²) < 4.78 is 0. The van der Waals surface area contributed by atoms with Crippen LogP contribution in [0.2, 0.25) is 0 Å². The first kappa shape index (κ1) is 11.9. The van der Waals surface area contributed by atoms with E-state index in [2.05, 4.69) is 16.0 Å². The first-order valence-corrected chi connectivity index (χ1v) is 4.22. The van der Waals surface area contributed by atoms with Gasteiger partial charge < -0.3 is 16.0 Å². The van der Waals surface area contributed by atoms with E-state index in [1.54, 1.807) is 20.9 Å². The van der Waals surface area contributed by atoms with Gasteiger partial charge in [0, 0.05) is 7.05 Å². The van der Waals surface area contributed by atoms with E-state index in [4.69, 9.17) is 0 Å². The van der Waals surface area contributed by atoms with Gasteiger partial charge in [0.1, 0.15) is 6.04 Å². The number of carbonyl (C=O) groups excluding carboxylic acids is 2. The normalized spacial score (nSPS) is 14.5. The number of nitrogens with one attached hydrogen (secondary N) is 3. The van der Waals surface area contributed by atoms with Crippen molar-refractivity contribution in [2.24, 2.45) is 0 Å². The molecule has 0 radical (unpaired) electrons. The molecule has 1 unspecified atom stereocenters. The van der Waals surface area contributed by atoms with Crippen LogP contribution in [0.5, 0.6) is 0 Å². The van der Waals surface area contributed by atoms with Crippen LogP contribution in [0.25, 0.3) is 0 Å². The van der Waals surface area contributed by atoms with Gasteiger partial charge in [0.2, 0.25) is 11.8 Å². The highest BCUT2D eigenvalue weighted by Crippen LogP contribution is 1.85. The summed E-state index contributed by atoms with van der Waals surface area (Å²) >= 11 is 0. The number of rotatable bonds is 4. The standard InChI is InChI=1S/C8H17N3O2/c1-5(9-3)8(13)11-6(2)7(12)10-4/h5-6,9H,1-4H3,(H,10,12)(H,11,13)/t5-,6?/m0/s1. The Balaban J connectivity index is 3.98. The fraction of sp³-hybridized carbons (Fsp3) is 0.750. The highest BCUT2D eigenvalue weighted by molar-refractivity contribution is 5.89. The Morgan fingerprint density at radius 3 is 1.92 bits per heavy atom. The van der Waals surface area contributed by atoms with Gasteiger partial charge in [0.15, 0.2) is 0 Å². The zero-order chi connectivity index (χ0) is 10.4. The summed E-state index contributed by atoms with van der Waals surface area (Å²) in [6.07, 6.45) is 0. The summed E-state index contributed by atoms with van der Waals surface area (Å²) in [7, 11) is 3.22. The van der Waals surface area contributed by atoms with Crippen molar-refractivity contribution in [3.63, 3.8) is 0 Å². The zero-order valence-corrected chi connectivity index (χ0v) is 8.47. The predicted molar refractivity (Wildman–Crippen MR) is 50.2 cm³/mol. The molecule has 2 atom stereocenters. The molecular weight excluding hydrogens is 170 g/mol. The lowest BCUT2D eigenvalue weighted by molar-refractivity contribution is -0.129. The molecule has 0 spiro atoms. The monoisotopic (exact) mass is 187 g/mol. The highest BCUT2D eigenvalue weighted by Gasteiger charge is 2.16. The maximum Gasteiger partial charge on any atom is 0.242 e. The van der Waals surface area contributed by atoms with E-state index in [1.807, 2.05) is 0 Å². The second-order valence-corrected chi connectivity index (χ2v) is 2.85. The van der Waals surface area contributed by atoms with Crippen LogP contribution in [-0.2, 0) is 9.59 Å². The van der Waals surface area contributed by atoms with Gasteiger partial charge in [0.25, 0.3) is 0 Å². The quantitative estimate of drug-likeness (QED) is 0.520. The van der Waals surface area contributed by atoms with Gasteiger partial charge in [-0.3, -0.25) is 9.59 Å². The van der Waals surface area contributed by atoms with Crippen LogP contribution >= 0.6 is 0 Å². The van der Waals surface area contributed by atoms with E-state index in [9.17, 15) is 9.59 Å². The van der Waals surface area contributed by atoms with E-state index in [0.29, 0.717) is 0 Å². The Labute approximate surface area is 78.3 Å². The van der Waals surface area contributed by atoms with E-state index < -0.39 is 6.04 Å². The summed E-state index contributed by atoms with van der Waals surface area (Å²) in [5.74, 6) is -0.379. The Morgan fingerprint density at radius 2 is 1.54 bits per heavy atom. The third kappa shape index (κ3) is 3.89. The number of hydrogen-bond donors (Lipinski definition) is 3. The van der Waals surface area contributed by atoms with Crippen LogP contribution in [0, 0.1) is 0 Å². The molecule has 76 valence electrons. The molecule has 0 saturated carbocycles. The van der Waals surface area contributed by atoms with Crippen LogP contribution in [0.1, 0.15) is 13.8 Å². The summed E-state index contributed by atoms with van der Waals surface area (Å²) in [5.41, 5.74) is 0. The average molecular weight is 187 g/mol. The minimum absolute atomic E-state index is 0.182. The maximum atomic E-state index is 11.3. The van der Waals surface area contributed by atoms with Crippen LogP contribution < -0.4 is 16.0 Å². The number of likely N-dealkylation sites (N-methyl/N-ethyl adjacent to an activating group) is 2. The molecule has 3 N–H and O–H groups in total. The van der Waals surface area contributed by atoms with Crippen molar-refractivity contribution < 1.29 is 9.59 Å². The van der Waals surface area contributed by atoms with Crippen molar-refractivity contribution >= 4 is 11.8 Å². The van der Waals surface area contributed by atoms with Gasteiger partial charge in [-0.1, -0.05) is 0 Å².